The van der Waals surface area contributed by atoms with Gasteiger partial charge in [0.2, 0.25) is 0 Å². The first kappa shape index (κ1) is 12.8. The van der Waals surface area contributed by atoms with Gasteiger partial charge in [-0.2, -0.15) is 0 Å². The number of methoxy groups -OCH3 is 2. The molecule has 0 saturated carbocycles. The Morgan fingerprint density at radius 3 is 2.67 bits per heavy atom. The summed E-state index contributed by atoms with van der Waals surface area (Å²) < 4.78 is 10.5. The van der Waals surface area contributed by atoms with E-state index >= 15 is 0 Å². The Labute approximate surface area is 114 Å². The standard InChI is InChI=1S/C12H12N2O2S2/c1-15-7-3-4-10(16-2)8(5-7)12-14-9(6-18-12)11(13)17/h3-6H,1-2H3,(H2,13,17). The van der Waals surface area contributed by atoms with Crippen LogP contribution in [0.15, 0.2) is 23.6 Å². The van der Waals surface area contributed by atoms with E-state index in [0.29, 0.717) is 10.7 Å². The molecule has 0 aliphatic rings. The van der Waals surface area contributed by atoms with Crippen molar-refractivity contribution in [2.75, 3.05) is 14.2 Å². The number of nitrogens with two attached hydrogens (primary N) is 1. The highest BCUT2D eigenvalue weighted by atomic mass is 32.1. The zero-order valence-electron chi connectivity index (χ0n) is 9.97. The number of hydrogen-bond donors (Lipinski definition) is 1. The summed E-state index contributed by atoms with van der Waals surface area (Å²) in [4.78, 5) is 4.67. The molecular formula is C12H12N2O2S2. The molecule has 0 bridgehead atoms. The summed E-state index contributed by atoms with van der Waals surface area (Å²) in [6.45, 7) is 0. The zero-order valence-corrected chi connectivity index (χ0v) is 11.6. The number of rotatable bonds is 4. The molecule has 0 aliphatic carbocycles. The molecule has 2 aromatic rings. The van der Waals surface area contributed by atoms with Crippen LogP contribution in [0.25, 0.3) is 10.6 Å². The van der Waals surface area contributed by atoms with Gasteiger partial charge in [-0.15, -0.1) is 11.3 Å². The van der Waals surface area contributed by atoms with Crippen molar-refractivity contribution in [2.45, 2.75) is 0 Å². The Balaban J connectivity index is 2.50. The highest BCUT2D eigenvalue weighted by Crippen LogP contribution is 2.35. The summed E-state index contributed by atoms with van der Waals surface area (Å²) in [6, 6.07) is 5.56. The average Bonchev–Trinajstić information content (AvgIpc) is 2.87. The maximum atomic E-state index is 5.55. The normalized spacial score (nSPS) is 10.1. The number of thiocarbonyl (C=S) groups is 1. The van der Waals surface area contributed by atoms with Crippen LogP contribution in [0.4, 0.5) is 0 Å². The Bertz CT molecular complexity index is 581. The van der Waals surface area contributed by atoms with Crippen LogP contribution in [0.2, 0.25) is 0 Å². The largest absolute Gasteiger partial charge is 0.497 e. The lowest BCUT2D eigenvalue weighted by molar-refractivity contribution is 0.404. The molecular weight excluding hydrogens is 268 g/mol. The highest BCUT2D eigenvalue weighted by molar-refractivity contribution is 7.80. The van der Waals surface area contributed by atoms with Gasteiger partial charge < -0.3 is 15.2 Å². The number of benzene rings is 1. The minimum atomic E-state index is 0.291. The van der Waals surface area contributed by atoms with Gasteiger partial charge in [0, 0.05) is 5.38 Å². The van der Waals surface area contributed by atoms with E-state index < -0.39 is 0 Å². The van der Waals surface area contributed by atoms with Crippen LogP contribution in [0.1, 0.15) is 5.69 Å². The van der Waals surface area contributed by atoms with Crippen molar-refractivity contribution in [3.8, 4) is 22.1 Å². The van der Waals surface area contributed by atoms with Crippen LogP contribution in [-0.2, 0) is 0 Å². The van der Waals surface area contributed by atoms with Gasteiger partial charge in [-0.05, 0) is 18.2 Å². The van der Waals surface area contributed by atoms with E-state index in [2.05, 4.69) is 4.98 Å². The molecule has 2 N–H and O–H groups in total. The summed E-state index contributed by atoms with van der Waals surface area (Å²) in [6.07, 6.45) is 0. The summed E-state index contributed by atoms with van der Waals surface area (Å²) in [5.41, 5.74) is 7.04. The fourth-order valence-corrected chi connectivity index (χ4v) is 2.51. The molecule has 94 valence electrons. The SMILES string of the molecule is COc1ccc(OC)c(-c2nc(C(N)=S)cs2)c1. The Morgan fingerprint density at radius 1 is 1.33 bits per heavy atom. The molecule has 2 rings (SSSR count). The molecule has 0 radical (unpaired) electrons. The maximum absolute atomic E-state index is 5.55. The Hall–Kier alpha value is -1.66. The van der Waals surface area contributed by atoms with E-state index in [1.807, 2.05) is 23.6 Å². The van der Waals surface area contributed by atoms with E-state index in [9.17, 15) is 0 Å². The second-order valence-corrected chi connectivity index (χ2v) is 4.77. The third-order valence-electron chi connectivity index (χ3n) is 2.39. The lowest BCUT2D eigenvalue weighted by atomic mass is 10.2. The number of thiazole rings is 1. The van der Waals surface area contributed by atoms with Gasteiger partial charge in [0.1, 0.15) is 27.2 Å². The van der Waals surface area contributed by atoms with Crippen LogP contribution in [-0.4, -0.2) is 24.2 Å². The molecule has 0 saturated heterocycles. The Kier molecular flexibility index (Phi) is 3.78. The number of nitrogens with zero attached hydrogens (tertiary/aromatic N) is 1. The van der Waals surface area contributed by atoms with Gasteiger partial charge in [0.25, 0.3) is 0 Å². The van der Waals surface area contributed by atoms with E-state index in [4.69, 9.17) is 27.4 Å². The second-order valence-electron chi connectivity index (χ2n) is 3.47. The number of hydrogen-bond acceptors (Lipinski definition) is 5. The summed E-state index contributed by atoms with van der Waals surface area (Å²) in [7, 11) is 3.24. The predicted octanol–water partition coefficient (Wildman–Crippen LogP) is 2.46. The van der Waals surface area contributed by atoms with E-state index in [1.165, 1.54) is 11.3 Å². The molecule has 0 unspecified atom stereocenters. The molecule has 1 aromatic heterocycles. The molecule has 0 aliphatic heterocycles. The van der Waals surface area contributed by atoms with Crippen LogP contribution >= 0.6 is 23.6 Å². The van der Waals surface area contributed by atoms with Crippen LogP contribution in [0.3, 0.4) is 0 Å². The molecule has 0 spiro atoms. The van der Waals surface area contributed by atoms with Gasteiger partial charge in [-0.25, -0.2) is 4.98 Å². The van der Waals surface area contributed by atoms with Gasteiger partial charge in [-0.3, -0.25) is 0 Å². The molecule has 0 atom stereocenters. The summed E-state index contributed by atoms with van der Waals surface area (Å²) in [5.74, 6) is 1.48. The Morgan fingerprint density at radius 2 is 2.11 bits per heavy atom. The average molecular weight is 280 g/mol. The van der Waals surface area contributed by atoms with Crippen molar-refractivity contribution < 1.29 is 9.47 Å². The van der Waals surface area contributed by atoms with Gasteiger partial charge in [0.15, 0.2) is 0 Å². The topological polar surface area (TPSA) is 57.4 Å². The molecule has 1 aromatic carbocycles. The van der Waals surface area contributed by atoms with E-state index in [0.717, 1.165) is 22.1 Å². The molecule has 0 amide bonds. The number of aromatic nitrogens is 1. The van der Waals surface area contributed by atoms with Gasteiger partial charge in [0.05, 0.1) is 19.8 Å². The second kappa shape index (κ2) is 5.32. The van der Waals surface area contributed by atoms with E-state index in [-0.39, 0.29) is 0 Å². The highest BCUT2D eigenvalue weighted by Gasteiger charge is 2.12. The lowest BCUT2D eigenvalue weighted by Crippen LogP contribution is -2.09. The minimum Gasteiger partial charge on any atom is -0.497 e. The third kappa shape index (κ3) is 2.44. The van der Waals surface area contributed by atoms with Crippen molar-refractivity contribution in [1.29, 1.82) is 0 Å². The maximum Gasteiger partial charge on any atom is 0.129 e. The monoisotopic (exact) mass is 280 g/mol. The molecule has 18 heavy (non-hydrogen) atoms. The van der Waals surface area contributed by atoms with Gasteiger partial charge in [-0.1, -0.05) is 12.2 Å². The third-order valence-corrected chi connectivity index (χ3v) is 3.48. The first-order chi connectivity index (χ1) is 8.65. The first-order valence-electron chi connectivity index (χ1n) is 5.13. The van der Waals surface area contributed by atoms with E-state index in [1.54, 1.807) is 14.2 Å². The molecule has 4 nitrogen and oxygen atoms in total. The minimum absolute atomic E-state index is 0.291. The smallest absolute Gasteiger partial charge is 0.129 e. The van der Waals surface area contributed by atoms with Crippen molar-refractivity contribution in [3.63, 3.8) is 0 Å². The van der Waals surface area contributed by atoms with Gasteiger partial charge >= 0.3 is 0 Å². The van der Waals surface area contributed by atoms with Crippen molar-refractivity contribution in [1.82, 2.24) is 4.98 Å². The van der Waals surface area contributed by atoms with Crippen LogP contribution < -0.4 is 15.2 Å². The van der Waals surface area contributed by atoms with Crippen molar-refractivity contribution >= 4 is 28.5 Å². The molecule has 6 heteroatoms. The zero-order chi connectivity index (χ0) is 13.1. The van der Waals surface area contributed by atoms with Crippen LogP contribution in [0.5, 0.6) is 11.5 Å². The summed E-state index contributed by atoms with van der Waals surface area (Å²) >= 11 is 6.37. The summed E-state index contributed by atoms with van der Waals surface area (Å²) in [5, 5.41) is 2.63. The molecule has 0 fully saturated rings. The fourth-order valence-electron chi connectivity index (χ4n) is 1.49. The first-order valence-corrected chi connectivity index (χ1v) is 6.42. The predicted molar refractivity (Wildman–Crippen MR) is 76.5 cm³/mol. The van der Waals surface area contributed by atoms with Crippen molar-refractivity contribution in [3.05, 3.63) is 29.3 Å². The quantitative estimate of drug-likeness (QED) is 0.872. The molecule has 1 heterocycles. The lowest BCUT2D eigenvalue weighted by Gasteiger charge is -2.08. The van der Waals surface area contributed by atoms with Crippen molar-refractivity contribution in [2.24, 2.45) is 5.73 Å². The van der Waals surface area contributed by atoms with Crippen LogP contribution in [0, 0.1) is 0 Å². The number of ether oxygens (including phenoxy) is 2. The fraction of sp³-hybridized carbons (Fsp3) is 0.167.